The molecule has 8 nitrogen and oxygen atoms in total. The van der Waals surface area contributed by atoms with E-state index in [1.54, 1.807) is 0 Å². The number of hydrogen-bond donors (Lipinski definition) is 0. The summed E-state index contributed by atoms with van der Waals surface area (Å²) in [5.74, 6) is 3.57. The SMILES string of the molecule is CCn1cnnc1CC1CCN(C(=O)C2CCCN(Cc3nc(-c4ccccc4)oc3C)C2)CC1. The highest BCUT2D eigenvalue weighted by molar-refractivity contribution is 5.79. The number of likely N-dealkylation sites (tertiary alicyclic amines) is 2. The van der Waals surface area contributed by atoms with Gasteiger partial charge in [-0.2, -0.15) is 0 Å². The van der Waals surface area contributed by atoms with Crippen molar-refractivity contribution in [3.63, 3.8) is 0 Å². The van der Waals surface area contributed by atoms with Crippen molar-refractivity contribution in [3.05, 3.63) is 53.9 Å². The summed E-state index contributed by atoms with van der Waals surface area (Å²) in [6.45, 7) is 9.22. The van der Waals surface area contributed by atoms with Gasteiger partial charge in [0.05, 0.1) is 11.6 Å². The van der Waals surface area contributed by atoms with Crippen molar-refractivity contribution in [1.29, 1.82) is 0 Å². The van der Waals surface area contributed by atoms with Crippen molar-refractivity contribution in [2.45, 2.75) is 59.0 Å². The second-order valence-corrected chi connectivity index (χ2v) is 9.97. The Balaban J connectivity index is 1.14. The van der Waals surface area contributed by atoms with Crippen LogP contribution in [0, 0.1) is 18.8 Å². The third-order valence-corrected chi connectivity index (χ3v) is 7.58. The van der Waals surface area contributed by atoms with E-state index in [1.165, 1.54) is 0 Å². The van der Waals surface area contributed by atoms with Gasteiger partial charge in [-0.3, -0.25) is 9.69 Å². The van der Waals surface area contributed by atoms with Crippen molar-refractivity contribution in [1.82, 2.24) is 29.5 Å². The van der Waals surface area contributed by atoms with Crippen molar-refractivity contribution in [3.8, 4) is 11.5 Å². The van der Waals surface area contributed by atoms with Gasteiger partial charge in [-0.1, -0.05) is 18.2 Å². The number of benzene rings is 1. The van der Waals surface area contributed by atoms with E-state index in [1.807, 2.05) is 43.6 Å². The summed E-state index contributed by atoms with van der Waals surface area (Å²) < 4.78 is 8.07. The van der Waals surface area contributed by atoms with Crippen LogP contribution in [0.3, 0.4) is 0 Å². The van der Waals surface area contributed by atoms with Crippen LogP contribution < -0.4 is 0 Å². The lowest BCUT2D eigenvalue weighted by molar-refractivity contribution is -0.138. The van der Waals surface area contributed by atoms with Crippen molar-refractivity contribution in [2.24, 2.45) is 11.8 Å². The van der Waals surface area contributed by atoms with Crippen LogP contribution in [0.4, 0.5) is 0 Å². The van der Waals surface area contributed by atoms with E-state index >= 15 is 0 Å². The third-order valence-electron chi connectivity index (χ3n) is 7.58. The summed E-state index contributed by atoms with van der Waals surface area (Å²) >= 11 is 0. The number of piperidine rings is 2. The van der Waals surface area contributed by atoms with Gasteiger partial charge in [-0.15, -0.1) is 10.2 Å². The zero-order valence-electron chi connectivity index (χ0n) is 20.9. The van der Waals surface area contributed by atoms with Gasteiger partial charge in [-0.05, 0) is 64.1 Å². The Labute approximate surface area is 207 Å². The molecule has 0 radical (unpaired) electrons. The number of oxazole rings is 1. The maximum Gasteiger partial charge on any atom is 0.226 e. The largest absolute Gasteiger partial charge is 0.441 e. The average molecular weight is 477 g/mol. The molecule has 3 aromatic rings. The topological polar surface area (TPSA) is 80.3 Å². The van der Waals surface area contributed by atoms with Gasteiger partial charge in [0.1, 0.15) is 17.9 Å². The lowest BCUT2D eigenvalue weighted by atomic mass is 9.91. The van der Waals surface area contributed by atoms with Crippen molar-refractivity contribution < 1.29 is 9.21 Å². The molecular formula is C27H36N6O2. The van der Waals surface area contributed by atoms with Gasteiger partial charge in [0.25, 0.3) is 0 Å². The molecule has 1 aromatic carbocycles. The number of aryl methyl sites for hydroxylation is 2. The first-order valence-electron chi connectivity index (χ1n) is 13.0. The normalized spacial score (nSPS) is 19.8. The standard InChI is InChI=1S/C27H36N6O2/c1-3-32-19-28-30-25(32)16-21-11-14-33(15-12-21)27(34)23-10-7-13-31(17-23)18-24-20(2)35-26(29-24)22-8-5-4-6-9-22/h4-6,8-9,19,21,23H,3,7,10-18H2,1-2H3. The Morgan fingerprint density at radius 3 is 2.69 bits per heavy atom. The number of hydrogen-bond acceptors (Lipinski definition) is 6. The fourth-order valence-corrected chi connectivity index (χ4v) is 5.47. The second-order valence-electron chi connectivity index (χ2n) is 9.97. The van der Waals surface area contributed by atoms with E-state index in [2.05, 4.69) is 31.5 Å². The van der Waals surface area contributed by atoms with Crippen LogP contribution in [0.2, 0.25) is 0 Å². The summed E-state index contributed by atoms with van der Waals surface area (Å²) in [5.41, 5.74) is 1.96. The highest BCUT2D eigenvalue weighted by atomic mass is 16.4. The smallest absolute Gasteiger partial charge is 0.226 e. The fraction of sp³-hybridized carbons (Fsp3) is 0.556. The molecule has 2 aliphatic rings. The van der Waals surface area contributed by atoms with Gasteiger partial charge < -0.3 is 13.9 Å². The van der Waals surface area contributed by atoms with Crippen LogP contribution in [0.25, 0.3) is 11.5 Å². The first kappa shape index (κ1) is 23.7. The van der Waals surface area contributed by atoms with Gasteiger partial charge in [0, 0.05) is 44.7 Å². The molecule has 2 aliphatic heterocycles. The minimum Gasteiger partial charge on any atom is -0.441 e. The Morgan fingerprint density at radius 1 is 1.11 bits per heavy atom. The van der Waals surface area contributed by atoms with Crippen LogP contribution in [0.5, 0.6) is 0 Å². The Kier molecular flexibility index (Phi) is 7.27. The molecule has 2 aromatic heterocycles. The highest BCUT2D eigenvalue weighted by Crippen LogP contribution is 2.27. The highest BCUT2D eigenvalue weighted by Gasteiger charge is 2.32. The van der Waals surface area contributed by atoms with Crippen LogP contribution in [0.1, 0.15) is 49.9 Å². The van der Waals surface area contributed by atoms with E-state index in [9.17, 15) is 4.79 Å². The monoisotopic (exact) mass is 476 g/mol. The Hall–Kier alpha value is -3.00. The molecule has 35 heavy (non-hydrogen) atoms. The summed E-state index contributed by atoms with van der Waals surface area (Å²) in [4.78, 5) is 22.6. The molecule has 1 amide bonds. The molecule has 2 fully saturated rings. The molecule has 1 unspecified atom stereocenters. The van der Waals surface area contributed by atoms with Crippen LogP contribution in [0.15, 0.2) is 41.1 Å². The van der Waals surface area contributed by atoms with Crippen LogP contribution in [-0.2, 0) is 24.3 Å². The second kappa shape index (κ2) is 10.7. The number of rotatable bonds is 7. The number of carbonyl (C=O) groups is 1. The molecule has 0 saturated carbocycles. The lowest BCUT2D eigenvalue weighted by Gasteiger charge is -2.37. The molecule has 0 N–H and O–H groups in total. The minimum absolute atomic E-state index is 0.0734. The number of aromatic nitrogens is 4. The zero-order chi connectivity index (χ0) is 24.2. The lowest BCUT2D eigenvalue weighted by Crippen LogP contribution is -2.47. The molecule has 2 saturated heterocycles. The van der Waals surface area contributed by atoms with Gasteiger partial charge >= 0.3 is 0 Å². The number of carbonyl (C=O) groups excluding carboxylic acids is 1. The van der Waals surface area contributed by atoms with Gasteiger partial charge in [-0.25, -0.2) is 4.98 Å². The van der Waals surface area contributed by atoms with E-state index < -0.39 is 0 Å². The van der Waals surface area contributed by atoms with Crippen molar-refractivity contribution >= 4 is 5.91 Å². The van der Waals surface area contributed by atoms with E-state index in [0.717, 1.165) is 94.2 Å². The predicted octanol–water partition coefficient (Wildman–Crippen LogP) is 3.95. The summed E-state index contributed by atoms with van der Waals surface area (Å²) in [7, 11) is 0. The van der Waals surface area contributed by atoms with Gasteiger partial charge in [0.15, 0.2) is 0 Å². The maximum atomic E-state index is 13.4. The summed E-state index contributed by atoms with van der Waals surface area (Å²) in [6, 6.07) is 10.0. The minimum atomic E-state index is 0.0734. The first-order valence-corrected chi connectivity index (χ1v) is 13.0. The molecule has 1 atom stereocenters. The maximum absolute atomic E-state index is 13.4. The zero-order valence-corrected chi connectivity index (χ0v) is 20.9. The molecule has 8 heteroatoms. The first-order chi connectivity index (χ1) is 17.1. The molecule has 0 aliphatic carbocycles. The predicted molar refractivity (Wildman–Crippen MR) is 133 cm³/mol. The van der Waals surface area contributed by atoms with Crippen molar-refractivity contribution in [2.75, 3.05) is 26.2 Å². The Bertz CT molecular complexity index is 1120. The van der Waals surface area contributed by atoms with E-state index in [-0.39, 0.29) is 5.92 Å². The summed E-state index contributed by atoms with van der Waals surface area (Å²) in [6.07, 6.45) is 6.86. The quantitative estimate of drug-likeness (QED) is 0.514. The molecular weight excluding hydrogens is 440 g/mol. The molecule has 4 heterocycles. The molecule has 186 valence electrons. The molecule has 0 bridgehead atoms. The summed E-state index contributed by atoms with van der Waals surface area (Å²) in [5, 5.41) is 8.35. The van der Waals surface area contributed by atoms with Crippen LogP contribution >= 0.6 is 0 Å². The third kappa shape index (κ3) is 5.48. The fourth-order valence-electron chi connectivity index (χ4n) is 5.47. The van der Waals surface area contributed by atoms with Gasteiger partial charge in [0.2, 0.25) is 11.8 Å². The van der Waals surface area contributed by atoms with E-state index in [4.69, 9.17) is 9.40 Å². The Morgan fingerprint density at radius 2 is 1.91 bits per heavy atom. The number of amides is 1. The molecule has 0 spiro atoms. The van der Waals surface area contributed by atoms with Crippen LogP contribution in [-0.4, -0.2) is 61.6 Å². The average Bonchev–Trinajstić information content (AvgIpc) is 3.50. The van der Waals surface area contributed by atoms with E-state index in [0.29, 0.717) is 17.7 Å². The number of nitrogens with zero attached hydrogens (tertiary/aromatic N) is 6. The molecule has 5 rings (SSSR count).